The first-order valence-electron chi connectivity index (χ1n) is 5.93. The van der Waals surface area contributed by atoms with Gasteiger partial charge in [-0.3, -0.25) is 5.10 Å². The van der Waals surface area contributed by atoms with Gasteiger partial charge in [0.15, 0.2) is 0 Å². The van der Waals surface area contributed by atoms with Crippen LogP contribution in [-0.2, 0) is 4.74 Å². The number of hydrogen-bond acceptors (Lipinski definition) is 5. The Morgan fingerprint density at radius 1 is 1.25 bits per heavy atom. The third-order valence-electron chi connectivity index (χ3n) is 2.99. The number of H-pyrrole nitrogens is 1. The maximum atomic E-state index is 11.5. The number of nitrogens with one attached hydrogen (secondary N) is 1. The summed E-state index contributed by atoms with van der Waals surface area (Å²) in [7, 11) is 3.00. The van der Waals surface area contributed by atoms with Gasteiger partial charge in [0.05, 0.1) is 24.4 Å². The van der Waals surface area contributed by atoms with Crippen molar-refractivity contribution in [1.29, 1.82) is 0 Å². The molecule has 1 N–H and O–H groups in total. The lowest BCUT2D eigenvalue weighted by atomic mass is 10.1. The van der Waals surface area contributed by atoms with Crippen LogP contribution in [0.1, 0.15) is 9.67 Å². The summed E-state index contributed by atoms with van der Waals surface area (Å²) in [5, 5.41) is 7.24. The SMILES string of the molecule is COC(=O)c1cc2[nH]nc(-c3ccc(OC)cc3)c2s1. The summed E-state index contributed by atoms with van der Waals surface area (Å²) in [6.45, 7) is 0. The number of aromatic nitrogens is 2. The summed E-state index contributed by atoms with van der Waals surface area (Å²) < 4.78 is 10.8. The average Bonchev–Trinajstić information content (AvgIpc) is 3.06. The quantitative estimate of drug-likeness (QED) is 0.752. The lowest BCUT2D eigenvalue weighted by Gasteiger charge is -2.00. The Morgan fingerprint density at radius 2 is 2.00 bits per heavy atom. The fourth-order valence-electron chi connectivity index (χ4n) is 1.96. The van der Waals surface area contributed by atoms with Crippen LogP contribution in [0.15, 0.2) is 30.3 Å². The van der Waals surface area contributed by atoms with E-state index in [4.69, 9.17) is 9.47 Å². The van der Waals surface area contributed by atoms with Gasteiger partial charge < -0.3 is 9.47 Å². The zero-order valence-corrected chi connectivity index (χ0v) is 11.8. The van der Waals surface area contributed by atoms with E-state index in [1.165, 1.54) is 18.4 Å². The number of carbonyl (C=O) groups is 1. The maximum absolute atomic E-state index is 11.5. The van der Waals surface area contributed by atoms with Gasteiger partial charge in [-0.25, -0.2) is 4.79 Å². The summed E-state index contributed by atoms with van der Waals surface area (Å²) >= 11 is 1.37. The molecule has 102 valence electrons. The highest BCUT2D eigenvalue weighted by atomic mass is 32.1. The predicted octanol–water partition coefficient (Wildman–Crippen LogP) is 3.09. The summed E-state index contributed by atoms with van der Waals surface area (Å²) in [6.07, 6.45) is 0. The molecule has 3 aromatic rings. The molecule has 6 heteroatoms. The van der Waals surface area contributed by atoms with Crippen LogP contribution in [0.2, 0.25) is 0 Å². The number of nitrogens with zero attached hydrogens (tertiary/aromatic N) is 1. The highest BCUT2D eigenvalue weighted by molar-refractivity contribution is 7.21. The molecular formula is C14H12N2O3S. The zero-order chi connectivity index (χ0) is 14.1. The number of aromatic amines is 1. The molecule has 0 fully saturated rings. The van der Waals surface area contributed by atoms with Crippen LogP contribution in [0.5, 0.6) is 5.75 Å². The molecule has 3 rings (SSSR count). The van der Waals surface area contributed by atoms with Crippen molar-refractivity contribution in [2.75, 3.05) is 14.2 Å². The van der Waals surface area contributed by atoms with Crippen molar-refractivity contribution in [3.63, 3.8) is 0 Å². The van der Waals surface area contributed by atoms with Gasteiger partial charge in [0.25, 0.3) is 0 Å². The van der Waals surface area contributed by atoms with Crippen molar-refractivity contribution in [3.05, 3.63) is 35.2 Å². The molecule has 2 heterocycles. The standard InChI is InChI=1S/C14H12N2O3S/c1-18-9-5-3-8(4-6-9)12-13-10(15-16-12)7-11(20-13)14(17)19-2/h3-7H,1-2H3,(H,15,16). The number of hydrogen-bond donors (Lipinski definition) is 1. The second-order valence-corrected chi connectivity index (χ2v) is 5.20. The molecule has 0 aliphatic heterocycles. The molecule has 0 spiro atoms. The maximum Gasteiger partial charge on any atom is 0.348 e. The molecule has 0 saturated heterocycles. The van der Waals surface area contributed by atoms with E-state index in [2.05, 4.69) is 10.2 Å². The van der Waals surface area contributed by atoms with Crippen LogP contribution in [-0.4, -0.2) is 30.4 Å². The van der Waals surface area contributed by atoms with Crippen LogP contribution >= 0.6 is 11.3 Å². The average molecular weight is 288 g/mol. The van der Waals surface area contributed by atoms with Crippen molar-refractivity contribution < 1.29 is 14.3 Å². The molecule has 2 aromatic heterocycles. The number of esters is 1. The number of ether oxygens (including phenoxy) is 2. The van der Waals surface area contributed by atoms with E-state index in [1.807, 2.05) is 24.3 Å². The highest BCUT2D eigenvalue weighted by Gasteiger charge is 2.16. The summed E-state index contributed by atoms with van der Waals surface area (Å²) in [5.74, 6) is 0.460. The van der Waals surface area contributed by atoms with Gasteiger partial charge in [-0.1, -0.05) is 0 Å². The fraction of sp³-hybridized carbons (Fsp3) is 0.143. The lowest BCUT2D eigenvalue weighted by Crippen LogP contribution is -1.96. The Labute approximate surface area is 119 Å². The second kappa shape index (κ2) is 4.97. The van der Waals surface area contributed by atoms with E-state index < -0.39 is 0 Å². The van der Waals surface area contributed by atoms with Gasteiger partial charge in [0.1, 0.15) is 16.3 Å². The molecule has 0 aliphatic rings. The first-order valence-corrected chi connectivity index (χ1v) is 6.75. The van der Waals surface area contributed by atoms with E-state index in [1.54, 1.807) is 13.2 Å². The normalized spacial score (nSPS) is 10.7. The third kappa shape index (κ3) is 2.04. The number of fused-ring (bicyclic) bond motifs is 1. The van der Waals surface area contributed by atoms with E-state index in [-0.39, 0.29) is 5.97 Å². The van der Waals surface area contributed by atoms with E-state index in [0.717, 1.165) is 27.2 Å². The lowest BCUT2D eigenvalue weighted by molar-refractivity contribution is 0.0606. The Morgan fingerprint density at radius 3 is 2.65 bits per heavy atom. The van der Waals surface area contributed by atoms with Gasteiger partial charge in [-0.2, -0.15) is 5.10 Å². The molecule has 0 saturated carbocycles. The van der Waals surface area contributed by atoms with Crippen molar-refractivity contribution >= 4 is 27.5 Å². The number of carbonyl (C=O) groups excluding carboxylic acids is 1. The Kier molecular flexibility index (Phi) is 3.15. The summed E-state index contributed by atoms with van der Waals surface area (Å²) in [6, 6.07) is 9.39. The number of methoxy groups -OCH3 is 2. The topological polar surface area (TPSA) is 64.2 Å². The molecule has 20 heavy (non-hydrogen) atoms. The summed E-state index contributed by atoms with van der Waals surface area (Å²) in [4.78, 5) is 12.1. The fourth-order valence-corrected chi connectivity index (χ4v) is 3.00. The summed E-state index contributed by atoms with van der Waals surface area (Å²) in [5.41, 5.74) is 2.62. The number of benzene rings is 1. The number of thiophene rings is 1. The highest BCUT2D eigenvalue weighted by Crippen LogP contribution is 2.33. The van der Waals surface area contributed by atoms with Crippen molar-refractivity contribution in [3.8, 4) is 17.0 Å². The van der Waals surface area contributed by atoms with E-state index >= 15 is 0 Å². The van der Waals surface area contributed by atoms with Crippen molar-refractivity contribution in [1.82, 2.24) is 10.2 Å². The molecule has 0 unspecified atom stereocenters. The minimum atomic E-state index is -0.333. The molecule has 0 radical (unpaired) electrons. The Bertz CT molecular complexity index is 758. The van der Waals surface area contributed by atoms with Crippen LogP contribution < -0.4 is 4.74 Å². The molecule has 0 aliphatic carbocycles. The van der Waals surface area contributed by atoms with Gasteiger partial charge in [-0.05, 0) is 30.3 Å². The van der Waals surface area contributed by atoms with Gasteiger partial charge >= 0.3 is 5.97 Å². The van der Waals surface area contributed by atoms with E-state index in [0.29, 0.717) is 4.88 Å². The zero-order valence-electron chi connectivity index (χ0n) is 11.0. The Balaban J connectivity index is 2.06. The van der Waals surface area contributed by atoms with Crippen LogP contribution in [0.25, 0.3) is 21.5 Å². The second-order valence-electron chi connectivity index (χ2n) is 4.15. The van der Waals surface area contributed by atoms with Gasteiger partial charge in [0.2, 0.25) is 0 Å². The predicted molar refractivity (Wildman–Crippen MR) is 77.3 cm³/mol. The van der Waals surface area contributed by atoms with E-state index in [9.17, 15) is 4.79 Å². The Hall–Kier alpha value is -2.34. The smallest absolute Gasteiger partial charge is 0.348 e. The molecular weight excluding hydrogens is 276 g/mol. The van der Waals surface area contributed by atoms with Crippen molar-refractivity contribution in [2.24, 2.45) is 0 Å². The van der Waals surface area contributed by atoms with Gasteiger partial charge in [-0.15, -0.1) is 11.3 Å². The number of rotatable bonds is 3. The third-order valence-corrected chi connectivity index (χ3v) is 4.11. The van der Waals surface area contributed by atoms with Crippen LogP contribution in [0.4, 0.5) is 0 Å². The molecule has 1 aromatic carbocycles. The monoisotopic (exact) mass is 288 g/mol. The van der Waals surface area contributed by atoms with Crippen molar-refractivity contribution in [2.45, 2.75) is 0 Å². The molecule has 0 atom stereocenters. The molecule has 0 bridgehead atoms. The van der Waals surface area contributed by atoms with Gasteiger partial charge in [0, 0.05) is 5.56 Å². The molecule has 0 amide bonds. The first-order chi connectivity index (χ1) is 9.72. The first kappa shape index (κ1) is 12.7. The minimum Gasteiger partial charge on any atom is -0.497 e. The van der Waals surface area contributed by atoms with Crippen LogP contribution in [0, 0.1) is 0 Å². The largest absolute Gasteiger partial charge is 0.497 e. The molecule has 5 nitrogen and oxygen atoms in total. The minimum absolute atomic E-state index is 0.333. The van der Waals surface area contributed by atoms with Crippen LogP contribution in [0.3, 0.4) is 0 Å².